The first-order valence-electron chi connectivity index (χ1n) is 9.94. The van der Waals surface area contributed by atoms with Crippen LogP contribution < -0.4 is 10.1 Å². The molecular weight excluding hydrogens is 364 g/mol. The number of anilines is 1. The lowest BCUT2D eigenvalue weighted by molar-refractivity contribution is 0.206. The summed E-state index contributed by atoms with van der Waals surface area (Å²) in [5.74, 6) is 0.818. The van der Waals surface area contributed by atoms with Gasteiger partial charge in [0.25, 0.3) is 0 Å². The van der Waals surface area contributed by atoms with Crippen LogP contribution in [0.15, 0.2) is 67.3 Å². The van der Waals surface area contributed by atoms with Crippen LogP contribution in [0.3, 0.4) is 0 Å². The zero-order valence-electron chi connectivity index (χ0n) is 17.0. The lowest BCUT2D eigenvalue weighted by Crippen LogP contribution is -2.35. The fraction of sp³-hybridized carbons (Fsp3) is 0.304. The van der Waals surface area contributed by atoms with E-state index in [1.54, 1.807) is 12.5 Å². The van der Waals surface area contributed by atoms with Crippen molar-refractivity contribution in [2.45, 2.75) is 33.4 Å². The number of hydrogen-bond donors (Lipinski definition) is 1. The SMILES string of the molecule is CCOc1ccccc1CN(CCCn1ccnc1)C(=O)Nc1cccc(C)c1. The number of carbonyl (C=O) groups is 1. The highest BCUT2D eigenvalue weighted by atomic mass is 16.5. The molecule has 29 heavy (non-hydrogen) atoms. The lowest BCUT2D eigenvalue weighted by Gasteiger charge is -2.24. The molecule has 0 unspecified atom stereocenters. The summed E-state index contributed by atoms with van der Waals surface area (Å²) in [6.07, 6.45) is 6.32. The number of urea groups is 1. The van der Waals surface area contributed by atoms with Gasteiger partial charge in [0.05, 0.1) is 19.5 Å². The van der Waals surface area contributed by atoms with Crippen molar-refractivity contribution in [2.24, 2.45) is 0 Å². The maximum Gasteiger partial charge on any atom is 0.322 e. The molecule has 1 heterocycles. The summed E-state index contributed by atoms with van der Waals surface area (Å²) in [5.41, 5.74) is 2.90. The number of rotatable bonds is 9. The first-order valence-corrected chi connectivity index (χ1v) is 9.94. The van der Waals surface area contributed by atoms with Crippen molar-refractivity contribution in [3.8, 4) is 5.75 Å². The van der Waals surface area contributed by atoms with E-state index in [1.807, 2.05) is 78.0 Å². The van der Waals surface area contributed by atoms with Gasteiger partial charge in [-0.1, -0.05) is 30.3 Å². The molecule has 0 aliphatic rings. The molecule has 1 N–H and O–H groups in total. The Kier molecular flexibility index (Phi) is 7.28. The molecule has 6 heteroatoms. The number of imidazole rings is 1. The number of aryl methyl sites for hydroxylation is 2. The van der Waals surface area contributed by atoms with Crippen LogP contribution in [-0.4, -0.2) is 33.6 Å². The zero-order chi connectivity index (χ0) is 20.5. The first-order chi connectivity index (χ1) is 14.2. The Hall–Kier alpha value is -3.28. The number of nitrogens with zero attached hydrogens (tertiary/aromatic N) is 3. The maximum atomic E-state index is 13.0. The van der Waals surface area contributed by atoms with Crippen LogP contribution >= 0.6 is 0 Å². The zero-order valence-corrected chi connectivity index (χ0v) is 17.0. The van der Waals surface area contributed by atoms with Gasteiger partial charge in [0, 0.05) is 36.7 Å². The van der Waals surface area contributed by atoms with Gasteiger partial charge in [0.15, 0.2) is 0 Å². The molecule has 0 atom stereocenters. The molecule has 0 aliphatic carbocycles. The summed E-state index contributed by atoms with van der Waals surface area (Å²) in [6.45, 7) is 6.48. The number of nitrogens with one attached hydrogen (secondary N) is 1. The van der Waals surface area contributed by atoms with Crippen LogP contribution in [0.25, 0.3) is 0 Å². The highest BCUT2D eigenvalue weighted by Gasteiger charge is 2.16. The number of aromatic nitrogens is 2. The Morgan fingerprint density at radius 3 is 2.83 bits per heavy atom. The summed E-state index contributed by atoms with van der Waals surface area (Å²) >= 11 is 0. The molecule has 0 spiro atoms. The van der Waals surface area contributed by atoms with Gasteiger partial charge in [-0.25, -0.2) is 9.78 Å². The lowest BCUT2D eigenvalue weighted by atomic mass is 10.2. The predicted octanol–water partition coefficient (Wildman–Crippen LogP) is 4.71. The minimum absolute atomic E-state index is 0.118. The Labute approximate surface area is 172 Å². The molecular formula is C23H28N4O2. The van der Waals surface area contributed by atoms with Gasteiger partial charge < -0.3 is 19.5 Å². The minimum Gasteiger partial charge on any atom is -0.494 e. The van der Waals surface area contributed by atoms with E-state index in [1.165, 1.54) is 0 Å². The number of amides is 2. The van der Waals surface area contributed by atoms with E-state index < -0.39 is 0 Å². The van der Waals surface area contributed by atoms with Gasteiger partial charge in [-0.15, -0.1) is 0 Å². The van der Waals surface area contributed by atoms with E-state index >= 15 is 0 Å². The molecule has 0 fully saturated rings. The molecule has 6 nitrogen and oxygen atoms in total. The van der Waals surface area contributed by atoms with Crippen LogP contribution in [0.2, 0.25) is 0 Å². The van der Waals surface area contributed by atoms with Gasteiger partial charge in [-0.2, -0.15) is 0 Å². The van der Waals surface area contributed by atoms with E-state index in [-0.39, 0.29) is 6.03 Å². The minimum atomic E-state index is -0.118. The standard InChI is InChI=1S/C23H28N4O2/c1-3-29-22-11-5-4-9-20(22)17-27(14-7-13-26-15-12-24-18-26)23(28)25-21-10-6-8-19(2)16-21/h4-6,8-12,15-16,18H,3,7,13-14,17H2,1-2H3,(H,25,28). The maximum absolute atomic E-state index is 13.0. The predicted molar refractivity (Wildman–Crippen MR) is 115 cm³/mol. The smallest absolute Gasteiger partial charge is 0.322 e. The van der Waals surface area contributed by atoms with Crippen molar-refractivity contribution in [1.82, 2.24) is 14.5 Å². The van der Waals surface area contributed by atoms with Crippen LogP contribution in [0.5, 0.6) is 5.75 Å². The van der Waals surface area contributed by atoms with Gasteiger partial charge >= 0.3 is 6.03 Å². The number of carbonyl (C=O) groups excluding carboxylic acids is 1. The van der Waals surface area contributed by atoms with Crippen LogP contribution in [0.4, 0.5) is 10.5 Å². The van der Waals surface area contributed by atoms with E-state index in [2.05, 4.69) is 10.3 Å². The van der Waals surface area contributed by atoms with Crippen LogP contribution in [0.1, 0.15) is 24.5 Å². The number of benzene rings is 2. The molecule has 1 aromatic heterocycles. The molecule has 0 aliphatic heterocycles. The van der Waals surface area contributed by atoms with E-state index in [0.717, 1.165) is 35.5 Å². The van der Waals surface area contributed by atoms with E-state index in [0.29, 0.717) is 19.7 Å². The van der Waals surface area contributed by atoms with Gasteiger partial charge in [-0.3, -0.25) is 0 Å². The molecule has 3 rings (SSSR count). The summed E-state index contributed by atoms with van der Waals surface area (Å²) in [5, 5.41) is 3.03. The Balaban J connectivity index is 1.72. The van der Waals surface area contributed by atoms with Gasteiger partial charge in [-0.05, 0) is 44.0 Å². The number of para-hydroxylation sites is 1. The summed E-state index contributed by atoms with van der Waals surface area (Å²) < 4.78 is 7.76. The van der Waals surface area contributed by atoms with Crippen molar-refractivity contribution in [3.05, 3.63) is 78.4 Å². The Morgan fingerprint density at radius 2 is 2.07 bits per heavy atom. The first kappa shape index (κ1) is 20.5. The second-order valence-corrected chi connectivity index (χ2v) is 6.92. The Bertz CT molecular complexity index is 909. The second kappa shape index (κ2) is 10.3. The third-order valence-corrected chi connectivity index (χ3v) is 4.59. The molecule has 0 saturated carbocycles. The van der Waals surface area contributed by atoms with Gasteiger partial charge in [0.1, 0.15) is 5.75 Å². The summed E-state index contributed by atoms with van der Waals surface area (Å²) in [4.78, 5) is 18.9. The quantitative estimate of drug-likeness (QED) is 0.573. The molecule has 3 aromatic rings. The summed E-state index contributed by atoms with van der Waals surface area (Å²) in [7, 11) is 0. The molecule has 2 amide bonds. The molecule has 0 bridgehead atoms. The summed E-state index contributed by atoms with van der Waals surface area (Å²) in [6, 6.07) is 15.6. The van der Waals surface area contributed by atoms with Crippen molar-refractivity contribution < 1.29 is 9.53 Å². The third-order valence-electron chi connectivity index (χ3n) is 4.59. The third kappa shape index (κ3) is 6.10. The van der Waals surface area contributed by atoms with E-state index in [4.69, 9.17) is 4.74 Å². The second-order valence-electron chi connectivity index (χ2n) is 6.92. The molecule has 152 valence electrons. The molecule has 0 radical (unpaired) electrons. The Morgan fingerprint density at radius 1 is 1.21 bits per heavy atom. The normalized spacial score (nSPS) is 10.6. The van der Waals surface area contributed by atoms with Crippen molar-refractivity contribution in [3.63, 3.8) is 0 Å². The molecule has 0 saturated heterocycles. The molecule has 2 aromatic carbocycles. The average Bonchev–Trinajstić information content (AvgIpc) is 3.22. The van der Waals surface area contributed by atoms with E-state index in [9.17, 15) is 4.79 Å². The monoisotopic (exact) mass is 392 g/mol. The van der Waals surface area contributed by atoms with Gasteiger partial charge in [0.2, 0.25) is 0 Å². The average molecular weight is 393 g/mol. The number of hydrogen-bond acceptors (Lipinski definition) is 3. The fourth-order valence-corrected chi connectivity index (χ4v) is 3.18. The van der Waals surface area contributed by atoms with Crippen LogP contribution in [-0.2, 0) is 13.1 Å². The topological polar surface area (TPSA) is 59.4 Å². The van der Waals surface area contributed by atoms with Crippen molar-refractivity contribution in [1.29, 1.82) is 0 Å². The fourth-order valence-electron chi connectivity index (χ4n) is 3.18. The highest BCUT2D eigenvalue weighted by molar-refractivity contribution is 5.89. The number of ether oxygens (including phenoxy) is 1. The largest absolute Gasteiger partial charge is 0.494 e. The van der Waals surface area contributed by atoms with Crippen molar-refractivity contribution >= 4 is 11.7 Å². The van der Waals surface area contributed by atoms with Crippen molar-refractivity contribution in [2.75, 3.05) is 18.5 Å². The van der Waals surface area contributed by atoms with Crippen LogP contribution in [0, 0.1) is 6.92 Å². The highest BCUT2D eigenvalue weighted by Crippen LogP contribution is 2.21.